The topological polar surface area (TPSA) is 92.3 Å². The summed E-state index contributed by atoms with van der Waals surface area (Å²) in [7, 11) is 0. The lowest BCUT2D eigenvalue weighted by Crippen LogP contribution is -2.14. The van der Waals surface area contributed by atoms with E-state index in [1.54, 1.807) is 28.8 Å². The Morgan fingerprint density at radius 2 is 2.21 bits per heavy atom. The molecule has 0 fully saturated rings. The van der Waals surface area contributed by atoms with Crippen molar-refractivity contribution in [2.75, 3.05) is 11.9 Å². The van der Waals surface area contributed by atoms with E-state index in [4.69, 9.17) is 16.4 Å². The lowest BCUT2D eigenvalue weighted by molar-refractivity contribution is -0.116. The SMILES string of the molecule is C#CCOc1cccc(NC(=O)CCc2c(C)nc3c(C#N)cnn3c2C)c1. The molecule has 1 N–H and O–H groups in total. The highest BCUT2D eigenvalue weighted by Crippen LogP contribution is 2.20. The molecule has 0 aliphatic heterocycles. The Kier molecular flexibility index (Phi) is 5.57. The molecule has 28 heavy (non-hydrogen) atoms. The van der Waals surface area contributed by atoms with E-state index in [1.807, 2.05) is 13.8 Å². The molecule has 0 bridgehead atoms. The maximum atomic E-state index is 12.4. The molecule has 2 heterocycles. The first-order chi connectivity index (χ1) is 13.5. The normalized spacial score (nSPS) is 10.3. The van der Waals surface area contributed by atoms with Crippen LogP contribution in [0.4, 0.5) is 5.69 Å². The van der Waals surface area contributed by atoms with Gasteiger partial charge in [0, 0.05) is 29.6 Å². The first kappa shape index (κ1) is 18.9. The third-order valence-electron chi connectivity index (χ3n) is 4.37. The minimum atomic E-state index is -0.119. The lowest BCUT2D eigenvalue weighted by atomic mass is 10.1. The number of fused-ring (bicyclic) bond motifs is 1. The molecule has 1 amide bonds. The Morgan fingerprint density at radius 1 is 1.39 bits per heavy atom. The Hall–Kier alpha value is -3.84. The maximum Gasteiger partial charge on any atom is 0.224 e. The Balaban J connectivity index is 1.70. The summed E-state index contributed by atoms with van der Waals surface area (Å²) in [6.07, 6.45) is 7.49. The number of nitrogens with zero attached hydrogens (tertiary/aromatic N) is 4. The number of rotatable bonds is 6. The van der Waals surface area contributed by atoms with Gasteiger partial charge in [-0.2, -0.15) is 10.4 Å². The standard InChI is InChI=1S/C21H19N5O2/c1-4-10-28-18-7-5-6-17(11-18)25-20(27)9-8-19-14(2)24-21-16(12-22)13-23-26(21)15(19)3/h1,5-7,11,13H,8-10H2,2-3H3,(H,25,27). The van der Waals surface area contributed by atoms with Crippen molar-refractivity contribution in [1.82, 2.24) is 14.6 Å². The van der Waals surface area contributed by atoms with Crippen molar-refractivity contribution in [1.29, 1.82) is 5.26 Å². The van der Waals surface area contributed by atoms with Crippen molar-refractivity contribution < 1.29 is 9.53 Å². The number of carbonyl (C=O) groups is 1. The Labute approximate surface area is 163 Å². The molecule has 0 atom stereocenters. The number of amides is 1. The van der Waals surface area contributed by atoms with Gasteiger partial charge in [-0.1, -0.05) is 12.0 Å². The molecule has 0 spiro atoms. The molecule has 0 radical (unpaired) electrons. The smallest absolute Gasteiger partial charge is 0.224 e. The molecular formula is C21H19N5O2. The molecule has 1 aromatic carbocycles. The van der Waals surface area contributed by atoms with Crippen molar-refractivity contribution in [3.8, 4) is 24.2 Å². The second-order valence-corrected chi connectivity index (χ2v) is 6.24. The predicted molar refractivity (Wildman–Crippen MR) is 105 cm³/mol. The highest BCUT2D eigenvalue weighted by molar-refractivity contribution is 5.91. The van der Waals surface area contributed by atoms with Gasteiger partial charge >= 0.3 is 0 Å². The molecule has 0 saturated heterocycles. The van der Waals surface area contributed by atoms with E-state index in [-0.39, 0.29) is 18.9 Å². The molecule has 0 aliphatic carbocycles. The molecule has 0 unspecified atom stereocenters. The zero-order valence-corrected chi connectivity index (χ0v) is 15.7. The van der Waals surface area contributed by atoms with Gasteiger partial charge in [0.1, 0.15) is 24.0 Å². The summed E-state index contributed by atoms with van der Waals surface area (Å²) in [5.41, 5.74) is 4.23. The largest absolute Gasteiger partial charge is 0.481 e. The number of hydrogen-bond acceptors (Lipinski definition) is 5. The molecule has 3 rings (SSSR count). The zero-order chi connectivity index (χ0) is 20.1. The van der Waals surface area contributed by atoms with E-state index in [2.05, 4.69) is 27.4 Å². The number of terminal acetylenes is 1. The molecule has 7 heteroatoms. The fraction of sp³-hybridized carbons (Fsp3) is 0.238. The molecule has 0 aliphatic rings. The van der Waals surface area contributed by atoms with Gasteiger partial charge in [-0.25, -0.2) is 9.50 Å². The fourth-order valence-corrected chi connectivity index (χ4v) is 3.00. The molecule has 2 aromatic heterocycles. The number of aryl methyl sites for hydroxylation is 2. The first-order valence-corrected chi connectivity index (χ1v) is 8.73. The molecule has 0 saturated carbocycles. The van der Waals surface area contributed by atoms with Gasteiger partial charge in [-0.3, -0.25) is 4.79 Å². The highest BCUT2D eigenvalue weighted by Gasteiger charge is 2.15. The van der Waals surface area contributed by atoms with Gasteiger partial charge in [-0.05, 0) is 38.0 Å². The van der Waals surface area contributed by atoms with Crippen LogP contribution in [-0.4, -0.2) is 27.1 Å². The van der Waals surface area contributed by atoms with Gasteiger partial charge < -0.3 is 10.1 Å². The van der Waals surface area contributed by atoms with E-state index in [0.29, 0.717) is 29.1 Å². The van der Waals surface area contributed by atoms with Gasteiger partial charge in [0.25, 0.3) is 0 Å². The van der Waals surface area contributed by atoms with E-state index in [0.717, 1.165) is 17.0 Å². The van der Waals surface area contributed by atoms with Crippen LogP contribution in [0.3, 0.4) is 0 Å². The quantitative estimate of drug-likeness (QED) is 0.671. The summed E-state index contributed by atoms with van der Waals surface area (Å²) in [5, 5.41) is 16.2. The number of carbonyl (C=O) groups excluding carboxylic acids is 1. The maximum absolute atomic E-state index is 12.4. The van der Waals surface area contributed by atoms with Crippen LogP contribution in [-0.2, 0) is 11.2 Å². The number of aromatic nitrogens is 3. The first-order valence-electron chi connectivity index (χ1n) is 8.73. The van der Waals surface area contributed by atoms with Crippen molar-refractivity contribution in [3.05, 3.63) is 53.0 Å². The summed E-state index contributed by atoms with van der Waals surface area (Å²) in [5.74, 6) is 2.88. The van der Waals surface area contributed by atoms with Crippen LogP contribution in [0.1, 0.15) is 28.9 Å². The van der Waals surface area contributed by atoms with Crippen LogP contribution >= 0.6 is 0 Å². The third kappa shape index (κ3) is 3.94. The fourth-order valence-electron chi connectivity index (χ4n) is 3.00. The van der Waals surface area contributed by atoms with E-state index < -0.39 is 0 Å². The van der Waals surface area contributed by atoms with Crippen LogP contribution in [0.2, 0.25) is 0 Å². The van der Waals surface area contributed by atoms with Gasteiger partial charge in [0.2, 0.25) is 5.91 Å². The summed E-state index contributed by atoms with van der Waals surface area (Å²) < 4.78 is 7.01. The summed E-state index contributed by atoms with van der Waals surface area (Å²) >= 11 is 0. The highest BCUT2D eigenvalue weighted by atomic mass is 16.5. The molecule has 3 aromatic rings. The van der Waals surface area contributed by atoms with Crippen LogP contribution in [0.15, 0.2) is 30.5 Å². The number of nitrogens with one attached hydrogen (secondary N) is 1. The Morgan fingerprint density at radius 3 is 2.96 bits per heavy atom. The summed E-state index contributed by atoms with van der Waals surface area (Å²) in [6, 6.07) is 9.17. The number of anilines is 1. The van der Waals surface area contributed by atoms with Gasteiger partial charge in [0.05, 0.1) is 6.20 Å². The average molecular weight is 373 g/mol. The second-order valence-electron chi connectivity index (χ2n) is 6.24. The average Bonchev–Trinajstić information content (AvgIpc) is 3.09. The van der Waals surface area contributed by atoms with Crippen molar-refractivity contribution in [2.24, 2.45) is 0 Å². The number of benzene rings is 1. The monoisotopic (exact) mass is 373 g/mol. The van der Waals surface area contributed by atoms with E-state index in [9.17, 15) is 4.79 Å². The number of nitriles is 1. The third-order valence-corrected chi connectivity index (χ3v) is 4.37. The van der Waals surface area contributed by atoms with Crippen LogP contribution < -0.4 is 10.1 Å². The van der Waals surface area contributed by atoms with Crippen LogP contribution in [0.25, 0.3) is 5.65 Å². The predicted octanol–water partition coefficient (Wildman–Crippen LogP) is 2.80. The van der Waals surface area contributed by atoms with Crippen LogP contribution in [0.5, 0.6) is 5.75 Å². The minimum Gasteiger partial charge on any atom is -0.481 e. The molecular weight excluding hydrogens is 354 g/mol. The van der Waals surface area contributed by atoms with E-state index >= 15 is 0 Å². The minimum absolute atomic E-state index is 0.119. The second kappa shape index (κ2) is 8.24. The number of ether oxygens (including phenoxy) is 1. The van der Waals surface area contributed by atoms with Crippen molar-refractivity contribution in [2.45, 2.75) is 26.7 Å². The Bertz CT molecular complexity index is 1120. The molecule has 7 nitrogen and oxygen atoms in total. The van der Waals surface area contributed by atoms with Crippen molar-refractivity contribution >= 4 is 17.2 Å². The van der Waals surface area contributed by atoms with Gasteiger partial charge in [-0.15, -0.1) is 6.42 Å². The lowest BCUT2D eigenvalue weighted by Gasteiger charge is -2.12. The number of hydrogen-bond donors (Lipinski definition) is 1. The zero-order valence-electron chi connectivity index (χ0n) is 15.7. The van der Waals surface area contributed by atoms with Crippen LogP contribution in [0, 0.1) is 37.5 Å². The summed E-state index contributed by atoms with van der Waals surface area (Å²) in [6.45, 7) is 3.96. The molecule has 140 valence electrons. The van der Waals surface area contributed by atoms with E-state index in [1.165, 1.54) is 6.20 Å². The van der Waals surface area contributed by atoms with Crippen molar-refractivity contribution in [3.63, 3.8) is 0 Å². The van der Waals surface area contributed by atoms with Gasteiger partial charge in [0.15, 0.2) is 5.65 Å². The summed E-state index contributed by atoms with van der Waals surface area (Å²) in [4.78, 5) is 16.9.